The SMILES string of the molecule is CC.CC.CCOc1ncccc1-c1ccc(N2CCN(C(=O)OC(C)(C)C)CC2)c(C#N)c1. The Kier molecular flexibility index (Phi) is 11.9. The molecule has 1 aliphatic rings. The van der Waals surface area contributed by atoms with Crippen molar-refractivity contribution in [2.45, 2.75) is 61.0 Å². The minimum absolute atomic E-state index is 0.293. The van der Waals surface area contributed by atoms with Gasteiger partial charge in [0, 0.05) is 37.9 Å². The molecule has 0 aliphatic carbocycles. The van der Waals surface area contributed by atoms with Crippen LogP contribution < -0.4 is 9.64 Å². The van der Waals surface area contributed by atoms with E-state index in [2.05, 4.69) is 16.0 Å². The van der Waals surface area contributed by atoms with Crippen LogP contribution in [0.25, 0.3) is 11.1 Å². The lowest BCUT2D eigenvalue weighted by molar-refractivity contribution is 0.0240. The summed E-state index contributed by atoms with van der Waals surface area (Å²) in [5.41, 5.74) is 2.69. The molecule has 2 aromatic rings. The highest BCUT2D eigenvalue weighted by molar-refractivity contribution is 5.75. The smallest absolute Gasteiger partial charge is 0.410 e. The Morgan fingerprint density at radius 2 is 1.74 bits per heavy atom. The molecule has 7 heteroatoms. The molecule has 1 aliphatic heterocycles. The normalized spacial score (nSPS) is 12.9. The zero-order valence-electron chi connectivity index (χ0n) is 22.0. The lowest BCUT2D eigenvalue weighted by atomic mass is 10.0. The lowest BCUT2D eigenvalue weighted by Crippen LogP contribution is -2.50. The van der Waals surface area contributed by atoms with Gasteiger partial charge < -0.3 is 19.3 Å². The zero-order chi connectivity index (χ0) is 25.7. The summed E-state index contributed by atoms with van der Waals surface area (Å²) in [6.45, 7) is 18.4. The Hall–Kier alpha value is -3.27. The minimum atomic E-state index is -0.509. The summed E-state index contributed by atoms with van der Waals surface area (Å²) in [7, 11) is 0. The highest BCUT2D eigenvalue weighted by Crippen LogP contribution is 2.32. The van der Waals surface area contributed by atoms with Gasteiger partial charge in [0.25, 0.3) is 0 Å². The van der Waals surface area contributed by atoms with E-state index in [1.807, 2.05) is 85.7 Å². The van der Waals surface area contributed by atoms with E-state index in [0.29, 0.717) is 44.2 Å². The predicted octanol–water partition coefficient (Wildman–Crippen LogP) is 6.13. The van der Waals surface area contributed by atoms with Gasteiger partial charge >= 0.3 is 6.09 Å². The van der Waals surface area contributed by atoms with Crippen LogP contribution in [0.1, 0.15) is 61.0 Å². The van der Waals surface area contributed by atoms with E-state index >= 15 is 0 Å². The number of pyridine rings is 1. The number of benzene rings is 1. The Morgan fingerprint density at radius 1 is 1.09 bits per heavy atom. The molecule has 1 aromatic carbocycles. The van der Waals surface area contributed by atoms with Crippen molar-refractivity contribution in [1.82, 2.24) is 9.88 Å². The van der Waals surface area contributed by atoms with Gasteiger partial charge in [-0.1, -0.05) is 33.8 Å². The molecule has 0 spiro atoms. The van der Waals surface area contributed by atoms with Gasteiger partial charge in [-0.25, -0.2) is 9.78 Å². The fourth-order valence-corrected chi connectivity index (χ4v) is 3.39. The fourth-order valence-electron chi connectivity index (χ4n) is 3.39. The Morgan fingerprint density at radius 3 is 2.29 bits per heavy atom. The molecule has 2 heterocycles. The molecule has 7 nitrogen and oxygen atoms in total. The number of carbonyl (C=O) groups excluding carboxylic acids is 1. The maximum atomic E-state index is 12.3. The first kappa shape index (κ1) is 28.8. The van der Waals surface area contributed by atoms with E-state index in [0.717, 1.165) is 16.8 Å². The van der Waals surface area contributed by atoms with Crippen LogP contribution in [0, 0.1) is 11.3 Å². The highest BCUT2D eigenvalue weighted by Gasteiger charge is 2.27. The first-order valence-corrected chi connectivity index (χ1v) is 12.2. The van der Waals surface area contributed by atoms with E-state index in [1.54, 1.807) is 11.1 Å². The molecule has 34 heavy (non-hydrogen) atoms. The van der Waals surface area contributed by atoms with Crippen molar-refractivity contribution in [3.8, 4) is 23.1 Å². The summed E-state index contributed by atoms with van der Waals surface area (Å²) in [5, 5.41) is 9.75. The van der Waals surface area contributed by atoms with Crippen molar-refractivity contribution in [3.05, 3.63) is 42.1 Å². The number of aromatic nitrogens is 1. The van der Waals surface area contributed by atoms with Gasteiger partial charge in [-0.2, -0.15) is 5.26 Å². The summed E-state index contributed by atoms with van der Waals surface area (Å²) < 4.78 is 11.1. The van der Waals surface area contributed by atoms with Crippen LogP contribution in [-0.4, -0.2) is 54.4 Å². The Balaban J connectivity index is 0.00000137. The molecular formula is C27H40N4O3. The van der Waals surface area contributed by atoms with Gasteiger partial charge in [-0.15, -0.1) is 0 Å². The van der Waals surface area contributed by atoms with Crippen molar-refractivity contribution < 1.29 is 14.3 Å². The van der Waals surface area contributed by atoms with E-state index in [1.165, 1.54) is 0 Å². The highest BCUT2D eigenvalue weighted by atomic mass is 16.6. The summed E-state index contributed by atoms with van der Waals surface area (Å²) in [6.07, 6.45) is 1.40. The standard InChI is InChI=1S/C23H28N4O3.2C2H6/c1-5-29-21-19(7-6-10-25-21)17-8-9-20(18(15-17)16-24)26-11-13-27(14-12-26)22(28)30-23(2,3)4;2*1-2/h6-10,15H,5,11-14H2,1-4H3;2*1-2H3. The monoisotopic (exact) mass is 468 g/mol. The van der Waals surface area contributed by atoms with Crippen molar-refractivity contribution in [1.29, 1.82) is 5.26 Å². The Labute approximate surface area is 205 Å². The van der Waals surface area contributed by atoms with E-state index in [4.69, 9.17) is 9.47 Å². The maximum absolute atomic E-state index is 12.3. The van der Waals surface area contributed by atoms with Gasteiger partial charge in [-0.3, -0.25) is 0 Å². The van der Waals surface area contributed by atoms with Crippen LogP contribution >= 0.6 is 0 Å². The van der Waals surface area contributed by atoms with Gasteiger partial charge in [0.15, 0.2) is 0 Å². The molecule has 1 amide bonds. The maximum Gasteiger partial charge on any atom is 0.410 e. The predicted molar refractivity (Wildman–Crippen MR) is 138 cm³/mol. The first-order valence-electron chi connectivity index (χ1n) is 12.2. The molecule has 0 atom stereocenters. The van der Waals surface area contributed by atoms with Crippen molar-refractivity contribution in [2.75, 3.05) is 37.7 Å². The van der Waals surface area contributed by atoms with E-state index < -0.39 is 5.60 Å². The summed E-state index contributed by atoms with van der Waals surface area (Å²) in [5.74, 6) is 0.558. The molecule has 186 valence electrons. The second-order valence-electron chi connectivity index (χ2n) is 8.09. The molecule has 0 unspecified atom stereocenters. The van der Waals surface area contributed by atoms with Gasteiger partial charge in [-0.05, 0) is 57.5 Å². The number of amides is 1. The largest absolute Gasteiger partial charge is 0.478 e. The number of anilines is 1. The fraction of sp³-hybridized carbons (Fsp3) is 0.519. The number of piperazine rings is 1. The number of rotatable bonds is 4. The number of hydrogen-bond acceptors (Lipinski definition) is 6. The van der Waals surface area contributed by atoms with Crippen LogP contribution in [0.3, 0.4) is 0 Å². The number of nitriles is 1. The van der Waals surface area contributed by atoms with Crippen LogP contribution in [0.2, 0.25) is 0 Å². The number of carbonyl (C=O) groups is 1. The first-order chi connectivity index (χ1) is 16.3. The molecule has 3 rings (SSSR count). The van der Waals surface area contributed by atoms with Crippen LogP contribution in [0.4, 0.5) is 10.5 Å². The van der Waals surface area contributed by atoms with Gasteiger partial charge in [0.2, 0.25) is 5.88 Å². The number of hydrogen-bond donors (Lipinski definition) is 0. The van der Waals surface area contributed by atoms with Crippen LogP contribution in [0.15, 0.2) is 36.5 Å². The summed E-state index contributed by atoms with van der Waals surface area (Å²) >= 11 is 0. The van der Waals surface area contributed by atoms with Gasteiger partial charge in [0.1, 0.15) is 11.7 Å². The average Bonchev–Trinajstić information content (AvgIpc) is 2.86. The van der Waals surface area contributed by atoms with Crippen molar-refractivity contribution in [2.24, 2.45) is 0 Å². The van der Waals surface area contributed by atoms with E-state index in [-0.39, 0.29) is 6.09 Å². The summed E-state index contributed by atoms with van der Waals surface area (Å²) in [6, 6.07) is 11.9. The molecule has 0 radical (unpaired) electrons. The van der Waals surface area contributed by atoms with Crippen LogP contribution in [0.5, 0.6) is 5.88 Å². The third kappa shape index (κ3) is 7.95. The summed E-state index contributed by atoms with van der Waals surface area (Å²) in [4.78, 5) is 20.4. The number of ether oxygens (including phenoxy) is 2. The second-order valence-corrected chi connectivity index (χ2v) is 8.09. The minimum Gasteiger partial charge on any atom is -0.478 e. The zero-order valence-corrected chi connectivity index (χ0v) is 22.0. The third-order valence-corrected chi connectivity index (χ3v) is 4.75. The molecule has 0 bridgehead atoms. The molecule has 0 saturated carbocycles. The molecular weight excluding hydrogens is 428 g/mol. The molecule has 0 N–H and O–H groups in total. The molecule has 1 fully saturated rings. The topological polar surface area (TPSA) is 78.7 Å². The van der Waals surface area contributed by atoms with Crippen molar-refractivity contribution in [3.63, 3.8) is 0 Å². The Bertz CT molecular complexity index is 940. The average molecular weight is 469 g/mol. The van der Waals surface area contributed by atoms with Gasteiger partial charge in [0.05, 0.1) is 17.9 Å². The number of nitrogens with zero attached hydrogens (tertiary/aromatic N) is 4. The lowest BCUT2D eigenvalue weighted by Gasteiger charge is -2.37. The van der Waals surface area contributed by atoms with Crippen molar-refractivity contribution >= 4 is 11.8 Å². The van der Waals surface area contributed by atoms with E-state index in [9.17, 15) is 10.1 Å². The third-order valence-electron chi connectivity index (χ3n) is 4.75. The molecule has 1 aromatic heterocycles. The van der Waals surface area contributed by atoms with Crippen LogP contribution in [-0.2, 0) is 4.74 Å². The second kappa shape index (κ2) is 14.1. The quantitative estimate of drug-likeness (QED) is 0.537. The molecule has 1 saturated heterocycles.